The minimum atomic E-state index is -0.323. The van der Waals surface area contributed by atoms with Gasteiger partial charge in [0.1, 0.15) is 18.2 Å². The SMILES string of the molecule is CCN1C(=O)/C(=C\c2ccc(OCc3ccccc3Cl)cc2)SC1=Nc1ccc(F)cc1. The molecule has 4 rings (SSSR count). The van der Waals surface area contributed by atoms with Crippen molar-refractivity contribution in [1.82, 2.24) is 4.90 Å². The van der Waals surface area contributed by atoms with Gasteiger partial charge in [0, 0.05) is 17.1 Å². The average Bonchev–Trinajstić information content (AvgIpc) is 3.09. The molecule has 0 saturated carbocycles. The molecular weight excluding hydrogens is 447 g/mol. The number of nitrogens with zero attached hydrogens (tertiary/aromatic N) is 2. The highest BCUT2D eigenvalue weighted by Crippen LogP contribution is 2.34. The second-order valence-electron chi connectivity index (χ2n) is 6.98. The standard InChI is InChI=1S/C25H20ClFN2O2S/c1-2-29-24(30)23(32-25(29)28-20-11-9-19(27)10-12-20)15-17-7-13-21(14-8-17)31-16-18-5-3-4-6-22(18)26/h3-15H,2,16H2,1H3/b23-15+,28-25?. The smallest absolute Gasteiger partial charge is 0.266 e. The zero-order valence-electron chi connectivity index (χ0n) is 17.3. The normalized spacial score (nSPS) is 16.2. The third-order valence-corrected chi connectivity index (χ3v) is 6.16. The van der Waals surface area contributed by atoms with Gasteiger partial charge in [-0.3, -0.25) is 9.69 Å². The van der Waals surface area contributed by atoms with Crippen LogP contribution in [0.2, 0.25) is 5.02 Å². The Morgan fingerprint density at radius 2 is 1.78 bits per heavy atom. The molecule has 1 amide bonds. The number of hydrogen-bond donors (Lipinski definition) is 0. The van der Waals surface area contributed by atoms with E-state index in [1.807, 2.05) is 61.5 Å². The number of carbonyl (C=O) groups excluding carboxylic acids is 1. The number of rotatable bonds is 6. The van der Waals surface area contributed by atoms with Crippen molar-refractivity contribution in [2.45, 2.75) is 13.5 Å². The number of halogens is 2. The van der Waals surface area contributed by atoms with Gasteiger partial charge in [0.25, 0.3) is 5.91 Å². The van der Waals surface area contributed by atoms with E-state index >= 15 is 0 Å². The van der Waals surface area contributed by atoms with Gasteiger partial charge in [0.05, 0.1) is 10.6 Å². The van der Waals surface area contributed by atoms with Crippen LogP contribution in [0.5, 0.6) is 5.75 Å². The van der Waals surface area contributed by atoms with E-state index in [1.165, 1.54) is 23.9 Å². The molecular formula is C25H20ClFN2O2S. The van der Waals surface area contributed by atoms with Crippen LogP contribution in [-0.2, 0) is 11.4 Å². The zero-order chi connectivity index (χ0) is 22.5. The van der Waals surface area contributed by atoms with Crippen LogP contribution in [0.25, 0.3) is 6.08 Å². The summed E-state index contributed by atoms with van der Waals surface area (Å²) in [5.41, 5.74) is 2.40. The summed E-state index contributed by atoms with van der Waals surface area (Å²) < 4.78 is 19.0. The van der Waals surface area contributed by atoms with Crippen molar-refractivity contribution in [3.8, 4) is 5.75 Å². The number of likely N-dealkylation sites (N-methyl/N-ethyl adjacent to an activating group) is 1. The van der Waals surface area contributed by atoms with Crippen LogP contribution in [0.4, 0.5) is 10.1 Å². The van der Waals surface area contributed by atoms with Gasteiger partial charge in [0.2, 0.25) is 0 Å². The lowest BCUT2D eigenvalue weighted by Gasteiger charge is -2.11. The van der Waals surface area contributed by atoms with Gasteiger partial charge in [-0.2, -0.15) is 0 Å². The fraction of sp³-hybridized carbons (Fsp3) is 0.120. The van der Waals surface area contributed by atoms with Gasteiger partial charge in [-0.25, -0.2) is 9.38 Å². The lowest BCUT2D eigenvalue weighted by atomic mass is 10.2. The summed E-state index contributed by atoms with van der Waals surface area (Å²) in [4.78, 5) is 19.5. The summed E-state index contributed by atoms with van der Waals surface area (Å²) in [6.45, 7) is 2.77. The molecule has 0 aliphatic carbocycles. The molecule has 0 radical (unpaired) electrons. The van der Waals surface area contributed by atoms with Crippen molar-refractivity contribution in [2.75, 3.05) is 6.54 Å². The maximum atomic E-state index is 13.1. The van der Waals surface area contributed by atoms with Crippen LogP contribution in [-0.4, -0.2) is 22.5 Å². The number of amides is 1. The first-order chi connectivity index (χ1) is 15.5. The van der Waals surface area contributed by atoms with E-state index in [4.69, 9.17) is 16.3 Å². The lowest BCUT2D eigenvalue weighted by Crippen LogP contribution is -2.28. The molecule has 1 aliphatic heterocycles. The Bertz CT molecular complexity index is 1180. The van der Waals surface area contributed by atoms with Crippen LogP contribution < -0.4 is 4.74 Å². The van der Waals surface area contributed by atoms with Gasteiger partial charge in [-0.1, -0.05) is 41.9 Å². The molecule has 7 heteroatoms. The van der Waals surface area contributed by atoms with Crippen molar-refractivity contribution in [3.63, 3.8) is 0 Å². The number of thioether (sulfide) groups is 1. The van der Waals surface area contributed by atoms with Crippen LogP contribution >= 0.6 is 23.4 Å². The average molecular weight is 467 g/mol. The van der Waals surface area contributed by atoms with Gasteiger partial charge in [-0.05, 0) is 72.8 Å². The first-order valence-electron chi connectivity index (χ1n) is 10.1. The van der Waals surface area contributed by atoms with E-state index in [2.05, 4.69) is 4.99 Å². The van der Waals surface area contributed by atoms with Crippen molar-refractivity contribution in [1.29, 1.82) is 0 Å². The number of aliphatic imine (C=N–C) groups is 1. The van der Waals surface area contributed by atoms with Crippen molar-refractivity contribution < 1.29 is 13.9 Å². The Morgan fingerprint density at radius 3 is 2.47 bits per heavy atom. The van der Waals surface area contributed by atoms with Crippen LogP contribution in [0, 0.1) is 5.82 Å². The third-order valence-electron chi connectivity index (χ3n) is 4.79. The summed E-state index contributed by atoms with van der Waals surface area (Å²) in [6, 6.07) is 20.9. The predicted octanol–water partition coefficient (Wildman–Crippen LogP) is 6.68. The number of carbonyl (C=O) groups is 1. The van der Waals surface area contributed by atoms with Crippen LogP contribution in [0.3, 0.4) is 0 Å². The molecule has 0 N–H and O–H groups in total. The highest BCUT2D eigenvalue weighted by Gasteiger charge is 2.32. The second-order valence-corrected chi connectivity index (χ2v) is 8.40. The molecule has 32 heavy (non-hydrogen) atoms. The molecule has 3 aromatic rings. The minimum absolute atomic E-state index is 0.0996. The molecule has 1 saturated heterocycles. The molecule has 0 aromatic heterocycles. The molecule has 1 heterocycles. The highest BCUT2D eigenvalue weighted by molar-refractivity contribution is 8.18. The Morgan fingerprint density at radius 1 is 1.06 bits per heavy atom. The molecule has 1 fully saturated rings. The van der Waals surface area contributed by atoms with E-state index in [0.29, 0.717) is 39.7 Å². The molecule has 1 aliphatic rings. The maximum Gasteiger partial charge on any atom is 0.266 e. The Hall–Kier alpha value is -3.09. The molecule has 0 unspecified atom stereocenters. The molecule has 0 bridgehead atoms. The van der Waals surface area contributed by atoms with Crippen molar-refractivity contribution in [3.05, 3.63) is 99.7 Å². The highest BCUT2D eigenvalue weighted by atomic mass is 35.5. The summed E-state index contributed by atoms with van der Waals surface area (Å²) in [5.74, 6) is 0.292. The van der Waals surface area contributed by atoms with Gasteiger partial charge < -0.3 is 4.74 Å². The fourth-order valence-electron chi connectivity index (χ4n) is 3.08. The second kappa shape index (κ2) is 10.0. The Labute approximate surface area is 195 Å². The lowest BCUT2D eigenvalue weighted by molar-refractivity contribution is -0.122. The van der Waals surface area contributed by atoms with Crippen LogP contribution in [0.15, 0.2) is 82.7 Å². The number of ether oxygens (including phenoxy) is 1. The van der Waals surface area contributed by atoms with Crippen LogP contribution in [0.1, 0.15) is 18.1 Å². The minimum Gasteiger partial charge on any atom is -0.489 e. The predicted molar refractivity (Wildman–Crippen MR) is 129 cm³/mol. The maximum absolute atomic E-state index is 13.1. The summed E-state index contributed by atoms with van der Waals surface area (Å²) in [5, 5.41) is 1.25. The topological polar surface area (TPSA) is 41.9 Å². The van der Waals surface area contributed by atoms with Gasteiger partial charge in [-0.15, -0.1) is 0 Å². The molecule has 162 valence electrons. The Kier molecular flexibility index (Phi) is 6.93. The van der Waals surface area contributed by atoms with Gasteiger partial charge in [0.15, 0.2) is 5.17 Å². The summed E-state index contributed by atoms with van der Waals surface area (Å²) in [6.07, 6.45) is 1.83. The number of hydrogen-bond acceptors (Lipinski definition) is 4. The third kappa shape index (κ3) is 5.21. The van der Waals surface area contributed by atoms with Crippen molar-refractivity contribution >= 4 is 46.2 Å². The first kappa shape index (κ1) is 22.1. The van der Waals surface area contributed by atoms with E-state index in [1.54, 1.807) is 17.0 Å². The molecule has 4 nitrogen and oxygen atoms in total. The zero-order valence-corrected chi connectivity index (χ0v) is 18.9. The monoisotopic (exact) mass is 466 g/mol. The molecule has 0 atom stereocenters. The summed E-state index contributed by atoms with van der Waals surface area (Å²) in [7, 11) is 0. The number of benzene rings is 3. The summed E-state index contributed by atoms with van der Waals surface area (Å²) >= 11 is 7.47. The van der Waals surface area contributed by atoms with Gasteiger partial charge >= 0.3 is 0 Å². The van der Waals surface area contributed by atoms with E-state index in [0.717, 1.165) is 11.1 Å². The number of amidine groups is 1. The quantitative estimate of drug-likeness (QED) is 0.380. The molecule has 0 spiro atoms. The van der Waals surface area contributed by atoms with E-state index in [9.17, 15) is 9.18 Å². The molecule has 3 aromatic carbocycles. The van der Waals surface area contributed by atoms with E-state index < -0.39 is 0 Å². The first-order valence-corrected chi connectivity index (χ1v) is 11.2. The fourth-order valence-corrected chi connectivity index (χ4v) is 4.34. The Balaban J connectivity index is 1.47. The largest absolute Gasteiger partial charge is 0.489 e. The van der Waals surface area contributed by atoms with Crippen molar-refractivity contribution in [2.24, 2.45) is 4.99 Å². The van der Waals surface area contributed by atoms with E-state index in [-0.39, 0.29) is 11.7 Å².